The van der Waals surface area contributed by atoms with Crippen LogP contribution in [0, 0.1) is 6.92 Å². The highest BCUT2D eigenvalue weighted by molar-refractivity contribution is 7.22. The zero-order chi connectivity index (χ0) is 42.6. The molecule has 14 nitrogen and oxygen atoms in total. The summed E-state index contributed by atoms with van der Waals surface area (Å²) in [4.78, 5) is 69.0. The number of nitrogens with zero attached hydrogens (tertiary/aromatic N) is 4. The number of fused-ring (bicyclic) bond motifs is 2. The van der Waals surface area contributed by atoms with Crippen LogP contribution in [0.3, 0.4) is 0 Å². The zero-order valence-corrected chi connectivity index (χ0v) is 36.2. The van der Waals surface area contributed by atoms with Crippen LogP contribution >= 0.6 is 22.7 Å². The summed E-state index contributed by atoms with van der Waals surface area (Å²) < 4.78 is 13.7. The molecule has 6 aromatic rings. The lowest BCUT2D eigenvalue weighted by molar-refractivity contribution is -0.115. The van der Waals surface area contributed by atoms with Crippen molar-refractivity contribution in [2.24, 2.45) is 0 Å². The molecule has 2 aliphatic rings. The summed E-state index contributed by atoms with van der Waals surface area (Å²) in [7, 11) is 0. The van der Waals surface area contributed by atoms with Crippen molar-refractivity contribution in [2.45, 2.75) is 110 Å². The monoisotopic (exact) mass is 860 g/mol. The number of aromatic nitrogens is 4. The first kappa shape index (κ1) is 41.7. The SMILES string of the molecule is CCc1ncc(-c2cc(C3CCCC(OC(=O)Nc4nc(-c5ccc6nc(NC(C)=O)sc6c5)ccc4C)C3)c3nc(NC(C)=O)sc3c2)cc1NC(=O)OC1CCCCC1. The molecule has 8 rings (SSSR count). The van der Waals surface area contributed by atoms with Crippen molar-refractivity contribution in [3.63, 3.8) is 0 Å². The van der Waals surface area contributed by atoms with E-state index in [1.807, 2.05) is 62.5 Å². The van der Waals surface area contributed by atoms with Gasteiger partial charge in [-0.3, -0.25) is 25.2 Å². The van der Waals surface area contributed by atoms with E-state index in [0.29, 0.717) is 46.7 Å². The Bertz CT molecular complexity index is 2640. The molecule has 4 heterocycles. The van der Waals surface area contributed by atoms with Gasteiger partial charge in [0.05, 0.1) is 37.5 Å². The Hall–Kier alpha value is -6.00. The molecule has 0 spiro atoms. The maximum Gasteiger partial charge on any atom is 0.413 e. The number of hydrogen-bond acceptors (Lipinski definition) is 12. The lowest BCUT2D eigenvalue weighted by Gasteiger charge is -2.29. The largest absolute Gasteiger partial charge is 0.446 e. The third kappa shape index (κ3) is 9.97. The van der Waals surface area contributed by atoms with Gasteiger partial charge in [0.2, 0.25) is 11.8 Å². The number of amides is 4. The third-order valence-corrected chi connectivity index (χ3v) is 13.0. The highest BCUT2D eigenvalue weighted by Crippen LogP contribution is 2.42. The van der Waals surface area contributed by atoms with Crippen LogP contribution in [-0.2, 0) is 25.5 Å². The third-order valence-electron chi connectivity index (χ3n) is 11.1. The molecule has 0 aliphatic heterocycles. The summed E-state index contributed by atoms with van der Waals surface area (Å²) in [6.45, 7) is 6.79. The number of ether oxygens (including phenoxy) is 2. The van der Waals surface area contributed by atoms with E-state index in [1.165, 1.54) is 42.9 Å². The standard InChI is InChI=1S/C45H48N8O6S2/c1-5-34-37(51-44(56)58-31-11-7-6-8-12-31)20-30(23-46-34)29-19-33(40-39(22-29)61-43(52-40)48-26(4)55)27-10-9-13-32(18-27)59-45(57)53-41-24(2)14-16-35(49-41)28-15-17-36-38(21-28)60-42(50-36)47-25(3)54/h14-17,19-23,27,31-32H,5-13,18H2,1-4H3,(H,51,56)(H,47,50,54)(H,48,52,55)(H,49,53,57). The predicted molar refractivity (Wildman–Crippen MR) is 241 cm³/mol. The van der Waals surface area contributed by atoms with E-state index in [4.69, 9.17) is 24.4 Å². The maximum absolute atomic E-state index is 13.5. The van der Waals surface area contributed by atoms with Crippen molar-refractivity contribution in [3.8, 4) is 22.4 Å². The summed E-state index contributed by atoms with van der Waals surface area (Å²) in [5, 5.41) is 12.5. The van der Waals surface area contributed by atoms with E-state index in [1.54, 1.807) is 0 Å². The summed E-state index contributed by atoms with van der Waals surface area (Å²) in [5.41, 5.74) is 7.93. The van der Waals surface area contributed by atoms with Gasteiger partial charge in [0.25, 0.3) is 0 Å². The molecular weight excluding hydrogens is 813 g/mol. The number of carbonyl (C=O) groups excluding carboxylic acids is 4. The molecular formula is C45H48N8O6S2. The summed E-state index contributed by atoms with van der Waals surface area (Å²) in [5.74, 6) is 0.0166. The van der Waals surface area contributed by atoms with Gasteiger partial charge >= 0.3 is 12.2 Å². The molecule has 0 saturated heterocycles. The highest BCUT2D eigenvalue weighted by Gasteiger charge is 2.29. The fraction of sp³-hybridized carbons (Fsp3) is 0.378. The average molecular weight is 861 g/mol. The number of rotatable bonds is 10. The van der Waals surface area contributed by atoms with E-state index >= 15 is 0 Å². The van der Waals surface area contributed by atoms with Gasteiger partial charge in [-0.25, -0.2) is 24.5 Å². The molecule has 4 aromatic heterocycles. The van der Waals surface area contributed by atoms with Gasteiger partial charge in [0, 0.05) is 31.2 Å². The van der Waals surface area contributed by atoms with Crippen LogP contribution in [0.1, 0.15) is 101 Å². The van der Waals surface area contributed by atoms with Crippen LogP contribution in [0.25, 0.3) is 42.8 Å². The van der Waals surface area contributed by atoms with E-state index in [0.717, 1.165) is 92.5 Å². The molecule has 2 saturated carbocycles. The number of carbonyl (C=O) groups is 4. The number of hydrogen-bond donors (Lipinski definition) is 4. The molecule has 2 aliphatic carbocycles. The van der Waals surface area contributed by atoms with Crippen molar-refractivity contribution < 1.29 is 28.7 Å². The molecule has 2 aromatic carbocycles. The van der Waals surface area contributed by atoms with Gasteiger partial charge in [0.15, 0.2) is 10.3 Å². The second-order valence-electron chi connectivity index (χ2n) is 15.7. The second-order valence-corrected chi connectivity index (χ2v) is 17.8. The number of pyridine rings is 2. The first-order chi connectivity index (χ1) is 29.5. The average Bonchev–Trinajstić information content (AvgIpc) is 3.83. The van der Waals surface area contributed by atoms with E-state index in [2.05, 4.69) is 32.3 Å². The molecule has 61 heavy (non-hydrogen) atoms. The molecule has 0 bridgehead atoms. The summed E-state index contributed by atoms with van der Waals surface area (Å²) >= 11 is 2.78. The van der Waals surface area contributed by atoms with Crippen LogP contribution in [0.4, 0.5) is 31.4 Å². The Morgan fingerprint density at radius 1 is 0.705 bits per heavy atom. The first-order valence-corrected chi connectivity index (χ1v) is 22.4. The van der Waals surface area contributed by atoms with E-state index in [9.17, 15) is 19.2 Å². The fourth-order valence-corrected chi connectivity index (χ4v) is 10.1. The van der Waals surface area contributed by atoms with Gasteiger partial charge in [-0.05, 0) is 124 Å². The summed E-state index contributed by atoms with van der Waals surface area (Å²) in [6, 6.07) is 15.7. The van der Waals surface area contributed by atoms with Gasteiger partial charge in [-0.15, -0.1) is 0 Å². The highest BCUT2D eigenvalue weighted by atomic mass is 32.1. The Labute approximate surface area is 361 Å². The molecule has 4 amide bonds. The minimum absolute atomic E-state index is 0.00299. The van der Waals surface area contributed by atoms with Crippen molar-refractivity contribution >= 4 is 88.9 Å². The Morgan fingerprint density at radius 3 is 2.18 bits per heavy atom. The molecule has 4 N–H and O–H groups in total. The van der Waals surface area contributed by atoms with Crippen LogP contribution < -0.4 is 21.3 Å². The Kier molecular flexibility index (Phi) is 12.5. The van der Waals surface area contributed by atoms with Crippen LogP contribution in [0.5, 0.6) is 0 Å². The number of anilines is 4. The quantitative estimate of drug-likeness (QED) is 0.103. The van der Waals surface area contributed by atoms with Crippen molar-refractivity contribution in [1.29, 1.82) is 0 Å². The fourth-order valence-electron chi connectivity index (χ4n) is 8.17. The maximum atomic E-state index is 13.5. The lowest BCUT2D eigenvalue weighted by atomic mass is 9.81. The van der Waals surface area contributed by atoms with Crippen LogP contribution in [0.15, 0.2) is 54.7 Å². The second kappa shape index (κ2) is 18.3. The zero-order valence-electron chi connectivity index (χ0n) is 34.6. The van der Waals surface area contributed by atoms with E-state index < -0.39 is 12.2 Å². The Morgan fingerprint density at radius 2 is 1.41 bits per heavy atom. The van der Waals surface area contributed by atoms with Crippen LogP contribution in [-0.4, -0.2) is 56.1 Å². The molecule has 2 fully saturated rings. The minimum Gasteiger partial charge on any atom is -0.446 e. The van der Waals surface area contributed by atoms with Crippen molar-refractivity contribution in [3.05, 3.63) is 71.5 Å². The molecule has 16 heteroatoms. The molecule has 2 unspecified atom stereocenters. The smallest absolute Gasteiger partial charge is 0.413 e. The topological polar surface area (TPSA) is 186 Å². The summed E-state index contributed by atoms with van der Waals surface area (Å²) in [6.07, 6.45) is 8.98. The Balaban J connectivity index is 1.01. The number of thiazole rings is 2. The normalized spacial score (nSPS) is 16.9. The van der Waals surface area contributed by atoms with E-state index in [-0.39, 0.29) is 29.9 Å². The van der Waals surface area contributed by atoms with Crippen molar-refractivity contribution in [1.82, 2.24) is 19.9 Å². The van der Waals surface area contributed by atoms with Crippen molar-refractivity contribution in [2.75, 3.05) is 21.3 Å². The first-order valence-electron chi connectivity index (χ1n) is 20.8. The number of benzene rings is 2. The molecule has 0 radical (unpaired) electrons. The number of nitrogens with one attached hydrogen (secondary N) is 4. The van der Waals surface area contributed by atoms with Crippen LogP contribution in [0.2, 0.25) is 0 Å². The minimum atomic E-state index is -0.583. The molecule has 316 valence electrons. The van der Waals surface area contributed by atoms with Gasteiger partial charge in [-0.2, -0.15) is 0 Å². The van der Waals surface area contributed by atoms with Gasteiger partial charge in [0.1, 0.15) is 18.0 Å². The number of aryl methyl sites for hydroxylation is 2. The van der Waals surface area contributed by atoms with Gasteiger partial charge < -0.3 is 20.1 Å². The molecule has 2 atom stereocenters. The lowest BCUT2D eigenvalue weighted by Crippen LogP contribution is -2.27. The predicted octanol–water partition coefficient (Wildman–Crippen LogP) is 11.0. The van der Waals surface area contributed by atoms with Gasteiger partial charge in [-0.1, -0.05) is 48.2 Å².